The summed E-state index contributed by atoms with van der Waals surface area (Å²) in [6, 6.07) is 12.6. The number of carbonyl (C=O) groups is 1. The first kappa shape index (κ1) is 16.9. The third-order valence-corrected chi connectivity index (χ3v) is 5.26. The van der Waals surface area contributed by atoms with E-state index in [0.29, 0.717) is 21.5 Å². The summed E-state index contributed by atoms with van der Waals surface area (Å²) in [5, 5.41) is 15.1. The van der Waals surface area contributed by atoms with Crippen LogP contribution in [-0.4, -0.2) is 10.8 Å². The van der Waals surface area contributed by atoms with Gasteiger partial charge in [-0.3, -0.25) is 14.9 Å². The molecule has 7 nitrogen and oxygen atoms in total. The van der Waals surface area contributed by atoms with Crippen LogP contribution in [0.25, 0.3) is 21.1 Å². The third kappa shape index (κ3) is 3.18. The Morgan fingerprint density at radius 1 is 1.15 bits per heavy atom. The number of rotatable bonds is 3. The van der Waals surface area contributed by atoms with Gasteiger partial charge < -0.3 is 9.73 Å². The van der Waals surface area contributed by atoms with E-state index in [0.717, 1.165) is 15.6 Å². The highest BCUT2D eigenvalue weighted by molar-refractivity contribution is 7.20. The van der Waals surface area contributed by atoms with Crippen molar-refractivity contribution in [1.29, 1.82) is 0 Å². The molecule has 0 aliphatic heterocycles. The van der Waals surface area contributed by atoms with E-state index in [1.54, 1.807) is 30.3 Å². The van der Waals surface area contributed by atoms with E-state index in [1.807, 2.05) is 6.92 Å². The number of carbonyl (C=O) groups excluding carboxylic acids is 1. The van der Waals surface area contributed by atoms with E-state index in [4.69, 9.17) is 4.42 Å². The van der Waals surface area contributed by atoms with E-state index < -0.39 is 10.5 Å². The number of nitrogens with zero attached hydrogens (tertiary/aromatic N) is 1. The van der Waals surface area contributed by atoms with E-state index >= 15 is 0 Å². The summed E-state index contributed by atoms with van der Waals surface area (Å²) < 4.78 is 5.97. The lowest BCUT2D eigenvalue weighted by Crippen LogP contribution is -2.10. The number of benzene rings is 2. The molecule has 0 aliphatic carbocycles. The van der Waals surface area contributed by atoms with Gasteiger partial charge in [-0.2, -0.15) is 0 Å². The van der Waals surface area contributed by atoms with Crippen molar-refractivity contribution in [2.45, 2.75) is 6.92 Å². The molecule has 2 aromatic heterocycles. The lowest BCUT2D eigenvalue weighted by molar-refractivity contribution is -0.384. The molecule has 27 heavy (non-hydrogen) atoms. The molecule has 8 heteroatoms. The van der Waals surface area contributed by atoms with Crippen molar-refractivity contribution >= 4 is 49.7 Å². The molecule has 0 unspecified atom stereocenters. The number of hydrogen-bond acceptors (Lipinski definition) is 6. The fourth-order valence-corrected chi connectivity index (χ4v) is 3.79. The number of amides is 1. The molecule has 1 N–H and O–H groups in total. The average molecular weight is 380 g/mol. The van der Waals surface area contributed by atoms with Crippen LogP contribution >= 0.6 is 11.3 Å². The van der Waals surface area contributed by atoms with Crippen molar-refractivity contribution in [3.8, 4) is 0 Å². The summed E-state index contributed by atoms with van der Waals surface area (Å²) >= 11 is 1.25. The van der Waals surface area contributed by atoms with Crippen LogP contribution in [0.2, 0.25) is 0 Å². The Bertz CT molecular complexity index is 1290. The van der Waals surface area contributed by atoms with Gasteiger partial charge in [0.2, 0.25) is 0 Å². The minimum absolute atomic E-state index is 0.0211. The number of fused-ring (bicyclic) bond motifs is 2. The molecule has 0 spiro atoms. The van der Waals surface area contributed by atoms with Gasteiger partial charge in [-0.25, -0.2) is 4.79 Å². The highest BCUT2D eigenvalue weighted by atomic mass is 32.1. The van der Waals surface area contributed by atoms with Gasteiger partial charge >= 0.3 is 5.63 Å². The third-order valence-electron chi connectivity index (χ3n) is 4.14. The van der Waals surface area contributed by atoms with Crippen LogP contribution in [0.5, 0.6) is 0 Å². The predicted molar refractivity (Wildman–Crippen MR) is 104 cm³/mol. The number of nitro groups is 1. The second-order valence-electron chi connectivity index (χ2n) is 6.00. The molecule has 1 amide bonds. The topological polar surface area (TPSA) is 102 Å². The molecular weight excluding hydrogens is 368 g/mol. The SMILES string of the molecule is Cc1cc(=O)oc2cc(NC(=O)c3cc4cc([N+](=O)[O-])ccc4s3)ccc12. The number of thiophene rings is 1. The fourth-order valence-electron chi connectivity index (χ4n) is 2.85. The van der Waals surface area contributed by atoms with Crippen LogP contribution in [0.4, 0.5) is 11.4 Å². The van der Waals surface area contributed by atoms with E-state index in [2.05, 4.69) is 5.32 Å². The van der Waals surface area contributed by atoms with Crippen LogP contribution in [0.3, 0.4) is 0 Å². The molecule has 0 fully saturated rings. The van der Waals surface area contributed by atoms with Gasteiger partial charge in [0.05, 0.1) is 9.80 Å². The van der Waals surface area contributed by atoms with E-state index in [1.165, 1.54) is 29.5 Å². The number of non-ortho nitro benzene ring substituents is 1. The van der Waals surface area contributed by atoms with Crippen LogP contribution in [0.1, 0.15) is 15.2 Å². The second kappa shape index (κ2) is 6.33. The van der Waals surface area contributed by atoms with Gasteiger partial charge in [0.15, 0.2) is 0 Å². The molecule has 4 rings (SSSR count). The number of nitro benzene ring substituents is 1. The summed E-state index contributed by atoms with van der Waals surface area (Å²) in [4.78, 5) is 34.9. The maximum absolute atomic E-state index is 12.5. The Balaban J connectivity index is 1.65. The molecule has 0 atom stereocenters. The molecule has 0 aliphatic rings. The van der Waals surface area contributed by atoms with E-state index in [9.17, 15) is 19.7 Å². The standard InChI is InChI=1S/C19H12N2O5S/c1-10-6-18(22)26-15-9-12(2-4-14(10)15)20-19(23)17-8-11-7-13(21(24)25)3-5-16(11)27-17/h2-9H,1H3,(H,20,23). The van der Waals surface area contributed by atoms with Crippen molar-refractivity contribution in [1.82, 2.24) is 0 Å². The van der Waals surface area contributed by atoms with Crippen LogP contribution in [0.15, 0.2) is 57.7 Å². The highest BCUT2D eigenvalue weighted by Gasteiger charge is 2.14. The summed E-state index contributed by atoms with van der Waals surface area (Å²) in [5.41, 5.74) is 1.21. The lowest BCUT2D eigenvalue weighted by atomic mass is 10.1. The van der Waals surface area contributed by atoms with Gasteiger partial charge in [0, 0.05) is 45.4 Å². The molecule has 134 valence electrons. The zero-order chi connectivity index (χ0) is 19.1. The highest BCUT2D eigenvalue weighted by Crippen LogP contribution is 2.30. The fraction of sp³-hybridized carbons (Fsp3) is 0.0526. The number of hydrogen-bond donors (Lipinski definition) is 1. The van der Waals surface area contributed by atoms with Crippen molar-refractivity contribution in [3.05, 3.63) is 79.5 Å². The van der Waals surface area contributed by atoms with Gasteiger partial charge in [-0.1, -0.05) is 0 Å². The predicted octanol–water partition coefficient (Wildman–Crippen LogP) is 4.48. The second-order valence-corrected chi connectivity index (χ2v) is 7.09. The average Bonchev–Trinajstić information content (AvgIpc) is 3.04. The Morgan fingerprint density at radius 3 is 2.74 bits per heavy atom. The monoisotopic (exact) mass is 380 g/mol. The molecule has 0 radical (unpaired) electrons. The van der Waals surface area contributed by atoms with Crippen LogP contribution in [0, 0.1) is 17.0 Å². The Morgan fingerprint density at radius 2 is 1.96 bits per heavy atom. The number of nitrogens with one attached hydrogen (secondary N) is 1. The number of anilines is 1. The minimum atomic E-state index is -0.471. The van der Waals surface area contributed by atoms with Crippen molar-refractivity contribution in [3.63, 3.8) is 0 Å². The van der Waals surface area contributed by atoms with Crippen molar-refractivity contribution < 1.29 is 14.1 Å². The lowest BCUT2D eigenvalue weighted by Gasteiger charge is -2.05. The first-order chi connectivity index (χ1) is 12.9. The zero-order valence-electron chi connectivity index (χ0n) is 14.0. The summed E-state index contributed by atoms with van der Waals surface area (Å²) in [7, 11) is 0. The molecule has 0 bridgehead atoms. The maximum atomic E-state index is 12.5. The van der Waals surface area contributed by atoms with Crippen LogP contribution in [-0.2, 0) is 0 Å². The van der Waals surface area contributed by atoms with Crippen molar-refractivity contribution in [2.24, 2.45) is 0 Å². The first-order valence-corrected chi connectivity index (χ1v) is 8.76. The molecule has 0 saturated carbocycles. The van der Waals surface area contributed by atoms with Gasteiger partial charge in [0.25, 0.3) is 11.6 Å². The molecule has 4 aromatic rings. The van der Waals surface area contributed by atoms with Crippen LogP contribution < -0.4 is 10.9 Å². The van der Waals surface area contributed by atoms with Gasteiger partial charge in [-0.15, -0.1) is 11.3 Å². The van der Waals surface area contributed by atoms with Crippen molar-refractivity contribution in [2.75, 3.05) is 5.32 Å². The summed E-state index contributed by atoms with van der Waals surface area (Å²) in [6.45, 7) is 1.81. The maximum Gasteiger partial charge on any atom is 0.336 e. The molecule has 2 aromatic carbocycles. The summed E-state index contributed by atoms with van der Waals surface area (Å²) in [5.74, 6) is -0.340. The quantitative estimate of drug-likeness (QED) is 0.321. The van der Waals surface area contributed by atoms with Gasteiger partial charge in [0.1, 0.15) is 5.58 Å². The largest absolute Gasteiger partial charge is 0.423 e. The zero-order valence-corrected chi connectivity index (χ0v) is 14.8. The Kier molecular flexibility index (Phi) is 3.97. The molecular formula is C19H12N2O5S. The normalized spacial score (nSPS) is 11.0. The molecule has 2 heterocycles. The Hall–Kier alpha value is -3.52. The minimum Gasteiger partial charge on any atom is -0.423 e. The smallest absolute Gasteiger partial charge is 0.336 e. The summed E-state index contributed by atoms with van der Waals surface area (Å²) in [6.07, 6.45) is 0. The number of aryl methyl sites for hydroxylation is 1. The Labute approximate surface area is 156 Å². The van der Waals surface area contributed by atoms with E-state index in [-0.39, 0.29) is 11.6 Å². The van der Waals surface area contributed by atoms with Gasteiger partial charge in [-0.05, 0) is 36.8 Å². The molecule has 0 saturated heterocycles. The first-order valence-electron chi connectivity index (χ1n) is 7.94.